The summed E-state index contributed by atoms with van der Waals surface area (Å²) in [5, 5.41) is 23.9. The maximum absolute atomic E-state index is 12.9. The highest BCUT2D eigenvalue weighted by Crippen LogP contribution is 2.70. The molecule has 7 nitrogen and oxygen atoms in total. The number of carbonyl (C=O) groups excluding carboxylic acids is 1. The summed E-state index contributed by atoms with van der Waals surface area (Å²) < 4.78 is 5.17. The number of hydrogen-bond donors (Lipinski definition) is 2. The predicted molar refractivity (Wildman–Crippen MR) is 117 cm³/mol. The Kier molecular flexibility index (Phi) is 4.46. The van der Waals surface area contributed by atoms with E-state index in [4.69, 9.17) is 9.25 Å². The number of hydrogen-bond acceptors (Lipinski definition) is 6. The van der Waals surface area contributed by atoms with Gasteiger partial charge in [0.2, 0.25) is 0 Å². The summed E-state index contributed by atoms with van der Waals surface area (Å²) in [4.78, 5) is 31.3. The molecule has 0 amide bonds. The fourth-order valence-corrected chi connectivity index (χ4v) is 8.48. The Balaban J connectivity index is 1.36. The van der Waals surface area contributed by atoms with Crippen molar-refractivity contribution in [2.75, 3.05) is 6.54 Å². The van der Waals surface area contributed by atoms with Gasteiger partial charge in [0.1, 0.15) is 0 Å². The SMILES string of the molecule is C[C@]12C=CC(=O)C=C1CC[C@@H]1C2[C@@H](O)C[C@@]2(C)C1C[C@H]1CN(Cc3ccoc3)O[C@]12C(=O)O. The van der Waals surface area contributed by atoms with Crippen molar-refractivity contribution in [1.82, 2.24) is 5.06 Å². The van der Waals surface area contributed by atoms with Crippen molar-refractivity contribution in [3.8, 4) is 0 Å². The molecule has 7 heteroatoms. The molecule has 2 N–H and O–H groups in total. The second kappa shape index (κ2) is 6.90. The van der Waals surface area contributed by atoms with Crippen molar-refractivity contribution < 1.29 is 29.1 Å². The van der Waals surface area contributed by atoms with Crippen LogP contribution in [0.1, 0.15) is 45.1 Å². The highest BCUT2D eigenvalue weighted by atomic mass is 16.7. The van der Waals surface area contributed by atoms with Gasteiger partial charge in [0.25, 0.3) is 0 Å². The van der Waals surface area contributed by atoms with Crippen molar-refractivity contribution in [3.63, 3.8) is 0 Å². The predicted octanol–water partition coefficient (Wildman–Crippen LogP) is 3.36. The average Bonchev–Trinajstić information content (AvgIpc) is 3.44. The van der Waals surface area contributed by atoms with Gasteiger partial charge in [0, 0.05) is 34.8 Å². The van der Waals surface area contributed by atoms with Gasteiger partial charge in [-0.1, -0.05) is 25.5 Å². The number of aliphatic hydroxyl groups is 1. The molecule has 0 spiro atoms. The van der Waals surface area contributed by atoms with Crippen LogP contribution in [0, 0.1) is 34.5 Å². The smallest absolute Gasteiger partial charge is 0.339 e. The molecular formula is C26H31NO6. The Morgan fingerprint density at radius 2 is 2.15 bits per heavy atom. The van der Waals surface area contributed by atoms with E-state index >= 15 is 0 Å². The van der Waals surface area contributed by atoms with Crippen LogP contribution in [0.5, 0.6) is 0 Å². The number of rotatable bonds is 3. The molecule has 0 radical (unpaired) electrons. The molecule has 1 aromatic heterocycles. The zero-order valence-corrected chi connectivity index (χ0v) is 19.1. The maximum Gasteiger partial charge on any atom is 0.339 e. The van der Waals surface area contributed by atoms with Gasteiger partial charge in [-0.25, -0.2) is 4.79 Å². The summed E-state index contributed by atoms with van der Waals surface area (Å²) in [5.41, 5.74) is -0.337. The number of aliphatic hydroxyl groups excluding tert-OH is 1. The van der Waals surface area contributed by atoms with Crippen molar-refractivity contribution in [2.45, 2.75) is 57.8 Å². The normalized spacial score (nSPS) is 46.3. The Morgan fingerprint density at radius 1 is 1.33 bits per heavy atom. The van der Waals surface area contributed by atoms with Gasteiger partial charge in [0.15, 0.2) is 11.4 Å². The minimum Gasteiger partial charge on any atom is -0.479 e. The molecule has 3 saturated carbocycles. The molecule has 1 aliphatic heterocycles. The van der Waals surface area contributed by atoms with Crippen LogP contribution in [0.4, 0.5) is 0 Å². The summed E-state index contributed by atoms with van der Waals surface area (Å²) in [6, 6.07) is 1.86. The first-order valence-electron chi connectivity index (χ1n) is 12.0. The summed E-state index contributed by atoms with van der Waals surface area (Å²) in [6.45, 7) is 5.19. The molecule has 33 heavy (non-hydrogen) atoms. The average molecular weight is 454 g/mol. The lowest BCUT2D eigenvalue weighted by Gasteiger charge is -2.59. The number of allylic oxidation sites excluding steroid dienone is 4. The number of carboxylic acids is 1. The molecular weight excluding hydrogens is 422 g/mol. The van der Waals surface area contributed by atoms with E-state index < -0.39 is 23.1 Å². The molecule has 5 aliphatic rings. The Morgan fingerprint density at radius 3 is 2.88 bits per heavy atom. The topological polar surface area (TPSA) is 100 Å². The van der Waals surface area contributed by atoms with E-state index in [1.165, 1.54) is 0 Å². The first-order valence-corrected chi connectivity index (χ1v) is 12.0. The van der Waals surface area contributed by atoms with Crippen LogP contribution >= 0.6 is 0 Å². The van der Waals surface area contributed by atoms with Gasteiger partial charge in [-0.3, -0.25) is 9.63 Å². The van der Waals surface area contributed by atoms with Crippen LogP contribution in [-0.2, 0) is 21.0 Å². The summed E-state index contributed by atoms with van der Waals surface area (Å²) in [7, 11) is 0. The van der Waals surface area contributed by atoms with E-state index in [2.05, 4.69) is 6.92 Å². The molecule has 1 aromatic rings. The van der Waals surface area contributed by atoms with Crippen LogP contribution in [0.3, 0.4) is 0 Å². The fraction of sp³-hybridized carbons (Fsp3) is 0.615. The molecule has 176 valence electrons. The maximum atomic E-state index is 12.9. The molecule has 8 atom stereocenters. The first kappa shape index (κ1) is 21.3. The summed E-state index contributed by atoms with van der Waals surface area (Å²) in [6.07, 6.45) is 10.8. The number of hydroxylamine groups is 2. The van der Waals surface area contributed by atoms with Crippen LogP contribution in [0.25, 0.3) is 0 Å². The standard InChI is InChI=1S/C26H31NO6/c1-24-7-5-18(28)9-16(24)3-4-19-20-10-17-13-27(12-15-6-8-32-14-15)33-26(17,23(30)31)25(20,2)11-21(29)22(19)24/h5-9,14,17,19-22,29H,3-4,10-13H2,1-2H3,(H,30,31)/t17-,19-,20?,21-,22?,24-,25-,26-/m0/s1. The highest BCUT2D eigenvalue weighted by Gasteiger charge is 2.76. The number of nitrogens with zero attached hydrogens (tertiary/aromatic N) is 1. The second-order valence-corrected chi connectivity index (χ2v) is 11.2. The Bertz CT molecular complexity index is 1060. The molecule has 4 aliphatic carbocycles. The zero-order valence-electron chi connectivity index (χ0n) is 19.1. The number of carboxylic acid groups (broad SMARTS) is 1. The van der Waals surface area contributed by atoms with E-state index in [9.17, 15) is 19.8 Å². The van der Waals surface area contributed by atoms with Crippen LogP contribution < -0.4 is 0 Å². The van der Waals surface area contributed by atoms with Gasteiger partial charge in [0.05, 0.1) is 25.2 Å². The molecule has 6 rings (SSSR count). The third-order valence-corrected chi connectivity index (χ3v) is 9.80. The minimum absolute atomic E-state index is 0.0161. The molecule has 2 unspecified atom stereocenters. The number of furan rings is 1. The minimum atomic E-state index is -1.34. The monoisotopic (exact) mass is 453 g/mol. The zero-order chi connectivity index (χ0) is 23.2. The molecule has 2 heterocycles. The first-order chi connectivity index (χ1) is 15.7. The molecule has 1 saturated heterocycles. The van der Waals surface area contributed by atoms with E-state index in [1.54, 1.807) is 29.7 Å². The number of ketones is 1. The van der Waals surface area contributed by atoms with E-state index in [0.717, 1.165) is 30.4 Å². The van der Waals surface area contributed by atoms with Crippen molar-refractivity contribution in [2.24, 2.45) is 34.5 Å². The number of fused-ring (bicyclic) bond motifs is 7. The van der Waals surface area contributed by atoms with E-state index in [0.29, 0.717) is 19.5 Å². The van der Waals surface area contributed by atoms with Gasteiger partial charge < -0.3 is 14.6 Å². The van der Waals surface area contributed by atoms with Crippen LogP contribution in [-0.4, -0.2) is 45.3 Å². The lowest BCUT2D eigenvalue weighted by Crippen LogP contribution is -2.62. The number of aliphatic carboxylic acids is 1. The highest BCUT2D eigenvalue weighted by molar-refractivity contribution is 6.01. The lowest BCUT2D eigenvalue weighted by molar-refractivity contribution is -0.262. The third kappa shape index (κ3) is 2.67. The summed E-state index contributed by atoms with van der Waals surface area (Å²) in [5.74, 6) is -0.743. The van der Waals surface area contributed by atoms with E-state index in [-0.39, 0.29) is 34.9 Å². The lowest BCUT2D eigenvalue weighted by atomic mass is 9.46. The van der Waals surface area contributed by atoms with Gasteiger partial charge in [-0.2, -0.15) is 5.06 Å². The Hall–Kier alpha value is -2.22. The molecule has 0 aromatic carbocycles. The van der Waals surface area contributed by atoms with Crippen molar-refractivity contribution in [3.05, 3.63) is 48.0 Å². The van der Waals surface area contributed by atoms with Crippen LogP contribution in [0.15, 0.2) is 46.8 Å². The van der Waals surface area contributed by atoms with Crippen molar-refractivity contribution >= 4 is 11.8 Å². The van der Waals surface area contributed by atoms with Crippen LogP contribution in [0.2, 0.25) is 0 Å². The van der Waals surface area contributed by atoms with Gasteiger partial charge >= 0.3 is 5.97 Å². The Labute approximate surface area is 193 Å². The van der Waals surface area contributed by atoms with Gasteiger partial charge in [-0.15, -0.1) is 0 Å². The molecule has 4 fully saturated rings. The summed E-state index contributed by atoms with van der Waals surface area (Å²) >= 11 is 0. The van der Waals surface area contributed by atoms with E-state index in [1.807, 2.05) is 19.1 Å². The fourth-order valence-electron chi connectivity index (χ4n) is 8.48. The molecule has 0 bridgehead atoms. The largest absolute Gasteiger partial charge is 0.479 e. The second-order valence-electron chi connectivity index (χ2n) is 11.2. The quantitative estimate of drug-likeness (QED) is 0.724. The van der Waals surface area contributed by atoms with Gasteiger partial charge in [-0.05, 0) is 55.7 Å². The third-order valence-electron chi connectivity index (χ3n) is 9.80. The number of carbonyl (C=O) groups is 2. The van der Waals surface area contributed by atoms with Crippen molar-refractivity contribution in [1.29, 1.82) is 0 Å².